The number of benzene rings is 1. The minimum absolute atomic E-state index is 0.308. The number of ether oxygens (including phenoxy) is 1. The van der Waals surface area contributed by atoms with Crippen LogP contribution in [0.3, 0.4) is 0 Å². The number of carbonyl (C=O) groups excluding carboxylic acids is 2. The van der Waals surface area contributed by atoms with E-state index in [-0.39, 0.29) is 5.82 Å². The number of thiazole rings is 1. The quantitative estimate of drug-likeness (QED) is 0.567. The molecule has 2 heterocycles. The molecule has 0 saturated carbocycles. The van der Waals surface area contributed by atoms with E-state index >= 15 is 0 Å². The van der Waals surface area contributed by atoms with Crippen molar-refractivity contribution in [2.75, 3.05) is 11.9 Å². The van der Waals surface area contributed by atoms with Gasteiger partial charge in [-0.1, -0.05) is 11.3 Å². The highest BCUT2D eigenvalue weighted by Crippen LogP contribution is 2.26. The van der Waals surface area contributed by atoms with Crippen LogP contribution >= 0.6 is 11.3 Å². The third kappa shape index (κ3) is 4.05. The number of nitrogens with one attached hydrogen (secondary N) is 1. The second-order valence-electron chi connectivity index (χ2n) is 4.64. The first kappa shape index (κ1) is 15.9. The van der Waals surface area contributed by atoms with Crippen molar-refractivity contribution >= 4 is 44.6 Å². The molecule has 0 aliphatic rings. The number of esters is 1. The Balaban J connectivity index is 1.52. The maximum absolute atomic E-state index is 13.1. The smallest absolute Gasteiger partial charge is 0.331 e. The molecule has 6 nitrogen and oxygen atoms in total. The van der Waals surface area contributed by atoms with Crippen molar-refractivity contribution in [1.82, 2.24) is 4.98 Å². The van der Waals surface area contributed by atoms with Gasteiger partial charge >= 0.3 is 5.97 Å². The molecule has 0 saturated heterocycles. The Morgan fingerprint density at radius 3 is 3.04 bits per heavy atom. The Labute approximate surface area is 139 Å². The number of hydrogen-bond acceptors (Lipinski definition) is 6. The zero-order chi connectivity index (χ0) is 16.9. The van der Waals surface area contributed by atoms with Gasteiger partial charge in [-0.25, -0.2) is 14.2 Å². The van der Waals surface area contributed by atoms with Gasteiger partial charge in [0.25, 0.3) is 5.91 Å². The van der Waals surface area contributed by atoms with Gasteiger partial charge in [-0.3, -0.25) is 10.1 Å². The molecule has 8 heteroatoms. The highest BCUT2D eigenvalue weighted by molar-refractivity contribution is 7.22. The average molecular weight is 346 g/mol. The minimum atomic E-state index is -0.673. The van der Waals surface area contributed by atoms with Crippen molar-refractivity contribution in [2.45, 2.75) is 0 Å². The van der Waals surface area contributed by atoms with Crippen LogP contribution in [0.5, 0.6) is 0 Å². The SMILES string of the molecule is O=C(COC(=O)C=Cc1ccco1)Nc1nc2ccc(F)cc2s1. The molecule has 0 fully saturated rings. The Morgan fingerprint density at radius 2 is 2.25 bits per heavy atom. The van der Waals surface area contributed by atoms with E-state index in [4.69, 9.17) is 9.15 Å². The predicted molar refractivity (Wildman–Crippen MR) is 86.9 cm³/mol. The van der Waals surface area contributed by atoms with Gasteiger partial charge in [-0.2, -0.15) is 0 Å². The van der Waals surface area contributed by atoms with Crippen LogP contribution in [0.1, 0.15) is 5.76 Å². The summed E-state index contributed by atoms with van der Waals surface area (Å²) in [5, 5.41) is 2.81. The molecule has 0 spiro atoms. The van der Waals surface area contributed by atoms with E-state index in [0.29, 0.717) is 21.1 Å². The molecular weight excluding hydrogens is 335 g/mol. The number of hydrogen-bond donors (Lipinski definition) is 1. The molecule has 24 heavy (non-hydrogen) atoms. The van der Waals surface area contributed by atoms with Crippen LogP contribution in [0.2, 0.25) is 0 Å². The van der Waals surface area contributed by atoms with Crippen molar-refractivity contribution < 1.29 is 23.1 Å². The molecule has 3 rings (SSSR count). The summed E-state index contributed by atoms with van der Waals surface area (Å²) in [5.41, 5.74) is 0.579. The summed E-state index contributed by atoms with van der Waals surface area (Å²) in [6.07, 6.45) is 4.07. The van der Waals surface area contributed by atoms with E-state index in [1.54, 1.807) is 12.1 Å². The lowest BCUT2D eigenvalue weighted by molar-refractivity contribution is -0.142. The van der Waals surface area contributed by atoms with Gasteiger partial charge in [-0.05, 0) is 36.4 Å². The van der Waals surface area contributed by atoms with E-state index in [1.807, 2.05) is 0 Å². The van der Waals surface area contributed by atoms with Crippen LogP contribution in [0.4, 0.5) is 9.52 Å². The van der Waals surface area contributed by atoms with Crippen molar-refractivity contribution in [3.8, 4) is 0 Å². The van der Waals surface area contributed by atoms with E-state index in [9.17, 15) is 14.0 Å². The summed E-state index contributed by atoms with van der Waals surface area (Å²) in [4.78, 5) is 27.4. The maximum Gasteiger partial charge on any atom is 0.331 e. The zero-order valence-electron chi connectivity index (χ0n) is 12.2. The molecule has 1 amide bonds. The van der Waals surface area contributed by atoms with Gasteiger partial charge in [-0.15, -0.1) is 0 Å². The molecule has 1 N–H and O–H groups in total. The van der Waals surface area contributed by atoms with Crippen molar-refractivity contribution in [3.63, 3.8) is 0 Å². The summed E-state index contributed by atoms with van der Waals surface area (Å²) in [5.74, 6) is -1.08. The van der Waals surface area contributed by atoms with Crippen LogP contribution < -0.4 is 5.32 Å². The molecule has 0 atom stereocenters. The van der Waals surface area contributed by atoms with Crippen LogP contribution in [0.15, 0.2) is 47.1 Å². The molecule has 0 aliphatic heterocycles. The van der Waals surface area contributed by atoms with Crippen molar-refractivity contribution in [3.05, 3.63) is 54.2 Å². The van der Waals surface area contributed by atoms with Gasteiger partial charge in [0.05, 0.1) is 16.5 Å². The number of anilines is 1. The van der Waals surface area contributed by atoms with Gasteiger partial charge in [0.2, 0.25) is 0 Å². The Hall–Kier alpha value is -3.00. The van der Waals surface area contributed by atoms with Crippen LogP contribution in [0, 0.1) is 5.82 Å². The summed E-state index contributed by atoms with van der Waals surface area (Å²) in [7, 11) is 0. The first-order valence-corrected chi connectivity index (χ1v) is 7.66. The number of carbonyl (C=O) groups is 2. The van der Waals surface area contributed by atoms with E-state index < -0.39 is 18.5 Å². The van der Waals surface area contributed by atoms with Crippen molar-refractivity contribution in [2.24, 2.45) is 0 Å². The third-order valence-corrected chi connectivity index (χ3v) is 3.80. The summed E-state index contributed by atoms with van der Waals surface area (Å²) in [6, 6.07) is 7.51. The minimum Gasteiger partial charge on any atom is -0.465 e. The van der Waals surface area contributed by atoms with Gasteiger partial charge < -0.3 is 9.15 Å². The summed E-state index contributed by atoms with van der Waals surface area (Å²) in [6.45, 7) is -0.453. The Morgan fingerprint density at radius 1 is 1.38 bits per heavy atom. The molecule has 0 radical (unpaired) electrons. The highest BCUT2D eigenvalue weighted by Gasteiger charge is 2.10. The van der Waals surface area contributed by atoms with E-state index in [1.165, 1.54) is 30.5 Å². The fourth-order valence-corrected chi connectivity index (χ4v) is 2.74. The van der Waals surface area contributed by atoms with E-state index in [2.05, 4.69) is 10.3 Å². The lowest BCUT2D eigenvalue weighted by Gasteiger charge is -2.01. The van der Waals surface area contributed by atoms with Crippen molar-refractivity contribution in [1.29, 1.82) is 0 Å². The topological polar surface area (TPSA) is 81.4 Å². The molecule has 2 aromatic heterocycles. The van der Waals surface area contributed by atoms with Gasteiger partial charge in [0, 0.05) is 6.08 Å². The highest BCUT2D eigenvalue weighted by atomic mass is 32.1. The zero-order valence-corrected chi connectivity index (χ0v) is 13.0. The number of fused-ring (bicyclic) bond motifs is 1. The largest absolute Gasteiger partial charge is 0.465 e. The molecular formula is C16H11FN2O4S. The molecule has 122 valence electrons. The van der Waals surface area contributed by atoms with Crippen LogP contribution in [-0.4, -0.2) is 23.5 Å². The Kier molecular flexibility index (Phi) is 4.66. The van der Waals surface area contributed by atoms with Gasteiger partial charge in [0.1, 0.15) is 11.6 Å². The number of furan rings is 1. The third-order valence-electron chi connectivity index (χ3n) is 2.87. The second-order valence-corrected chi connectivity index (χ2v) is 5.67. The van der Waals surface area contributed by atoms with Crippen LogP contribution in [0.25, 0.3) is 16.3 Å². The average Bonchev–Trinajstić information content (AvgIpc) is 3.19. The Bertz CT molecular complexity index is 902. The molecule has 3 aromatic rings. The fourth-order valence-electron chi connectivity index (χ4n) is 1.83. The van der Waals surface area contributed by atoms with E-state index in [0.717, 1.165) is 17.4 Å². The fraction of sp³-hybridized carbons (Fsp3) is 0.0625. The summed E-state index contributed by atoms with van der Waals surface area (Å²) >= 11 is 1.13. The number of nitrogens with zero attached hydrogens (tertiary/aromatic N) is 1. The molecule has 0 bridgehead atoms. The monoisotopic (exact) mass is 346 g/mol. The lowest BCUT2D eigenvalue weighted by Crippen LogP contribution is -2.19. The second kappa shape index (κ2) is 7.05. The first-order valence-electron chi connectivity index (χ1n) is 6.84. The molecule has 0 unspecified atom stereocenters. The number of amides is 1. The molecule has 1 aromatic carbocycles. The van der Waals surface area contributed by atoms with Gasteiger partial charge in [0.15, 0.2) is 11.7 Å². The first-order chi connectivity index (χ1) is 11.6. The summed E-state index contributed by atoms with van der Waals surface area (Å²) < 4.78 is 23.6. The maximum atomic E-state index is 13.1. The lowest BCUT2D eigenvalue weighted by atomic mass is 10.3. The van der Waals surface area contributed by atoms with Crippen LogP contribution in [-0.2, 0) is 14.3 Å². The standard InChI is InChI=1S/C16H11FN2O4S/c17-10-3-5-12-13(8-10)24-16(18-12)19-14(20)9-23-15(21)6-4-11-2-1-7-22-11/h1-8H,9H2,(H,18,19,20). The number of halogens is 1. The predicted octanol–water partition coefficient (Wildman–Crippen LogP) is 3.22. The normalized spacial score (nSPS) is 11.0. The molecule has 0 aliphatic carbocycles. The number of aromatic nitrogens is 1. The number of rotatable bonds is 5.